The molecular formula is C20H27N4O4+. The van der Waals surface area contributed by atoms with Crippen LogP contribution in [0.4, 0.5) is 0 Å². The van der Waals surface area contributed by atoms with Gasteiger partial charge in [0, 0.05) is 19.7 Å². The van der Waals surface area contributed by atoms with E-state index in [-0.39, 0.29) is 23.1 Å². The van der Waals surface area contributed by atoms with E-state index in [0.717, 1.165) is 38.8 Å². The molecule has 0 unspecified atom stereocenters. The fraction of sp³-hybridized carbons (Fsp3) is 0.550. The van der Waals surface area contributed by atoms with Crippen molar-refractivity contribution in [1.29, 1.82) is 0 Å². The summed E-state index contributed by atoms with van der Waals surface area (Å²) in [7, 11) is 5.30. The second-order valence-corrected chi connectivity index (χ2v) is 7.81. The number of methoxy groups -OCH3 is 1. The number of carbonyl (C=O) groups is 1. The van der Waals surface area contributed by atoms with Crippen LogP contribution in [-0.2, 0) is 11.8 Å². The predicted molar refractivity (Wildman–Crippen MR) is 104 cm³/mol. The summed E-state index contributed by atoms with van der Waals surface area (Å²) in [6.07, 6.45) is 4.62. The number of likely N-dealkylation sites (N-methyl/N-ethyl adjacent to an activating group) is 1. The molecule has 1 aliphatic heterocycles. The molecule has 1 amide bonds. The number of hydrogen-bond donors (Lipinski definition) is 1. The smallest absolute Gasteiger partial charge is 0.330 e. The minimum atomic E-state index is -0.370. The third-order valence-electron chi connectivity index (χ3n) is 6.24. The Kier molecular flexibility index (Phi) is 4.84. The number of hydrogen-bond acceptors (Lipinski definition) is 6. The van der Waals surface area contributed by atoms with Gasteiger partial charge in [0.15, 0.2) is 11.5 Å². The number of carbonyl (C=O) groups excluding carboxylic acids is 1. The van der Waals surface area contributed by atoms with Crippen LogP contribution in [-0.4, -0.2) is 59.2 Å². The number of primary amides is 1. The fourth-order valence-electron chi connectivity index (χ4n) is 4.45. The van der Waals surface area contributed by atoms with E-state index >= 15 is 0 Å². The number of quaternary nitrogens is 1. The van der Waals surface area contributed by atoms with Crippen LogP contribution in [0.25, 0.3) is 10.9 Å². The minimum Gasteiger partial charge on any atom is -0.493 e. The molecular weight excluding hydrogens is 360 g/mol. The largest absolute Gasteiger partial charge is 0.493 e. The average Bonchev–Trinajstić information content (AvgIpc) is 2.70. The summed E-state index contributed by atoms with van der Waals surface area (Å²) in [4.78, 5) is 31.5. The van der Waals surface area contributed by atoms with Crippen molar-refractivity contribution in [2.24, 2.45) is 7.05 Å². The van der Waals surface area contributed by atoms with E-state index < -0.39 is 0 Å². The van der Waals surface area contributed by atoms with E-state index in [1.165, 1.54) is 10.9 Å². The Morgan fingerprint density at radius 1 is 1.18 bits per heavy atom. The summed E-state index contributed by atoms with van der Waals surface area (Å²) in [6, 6.07) is 3.46. The summed E-state index contributed by atoms with van der Waals surface area (Å²) in [6.45, 7) is 1.75. The number of aromatic nitrogens is 2. The molecule has 0 bridgehead atoms. The first kappa shape index (κ1) is 18.9. The molecule has 1 saturated carbocycles. The van der Waals surface area contributed by atoms with Crippen LogP contribution < -0.4 is 20.3 Å². The maximum Gasteiger partial charge on any atom is 0.330 e. The molecule has 2 fully saturated rings. The first-order chi connectivity index (χ1) is 13.4. The SMILES string of the molecule is COc1cc2ncn(C)c(=O)c2cc1OC1CCC2(CC1)C(=O)[NH2+]CCN2C. The second-order valence-electron chi connectivity index (χ2n) is 7.81. The summed E-state index contributed by atoms with van der Waals surface area (Å²) in [5, 5.41) is 2.35. The monoisotopic (exact) mass is 387 g/mol. The van der Waals surface area contributed by atoms with E-state index in [0.29, 0.717) is 22.4 Å². The van der Waals surface area contributed by atoms with Gasteiger partial charge >= 0.3 is 5.91 Å². The lowest BCUT2D eigenvalue weighted by atomic mass is 9.77. The van der Waals surface area contributed by atoms with E-state index in [4.69, 9.17) is 9.47 Å². The summed E-state index contributed by atoms with van der Waals surface area (Å²) < 4.78 is 13.2. The number of aryl methyl sites for hydroxylation is 1. The highest BCUT2D eigenvalue weighted by atomic mass is 16.5. The Hall–Kier alpha value is -2.45. The lowest BCUT2D eigenvalue weighted by molar-refractivity contribution is -0.584. The standard InChI is InChI=1S/C20H26N4O4/c1-23-12-22-15-11-16(27-3)17(10-14(15)18(23)25)28-13-4-6-20(7-5-13)19(26)21-8-9-24(20)2/h10-13H,4-9H2,1-3H3,(H,21,26)/p+1. The zero-order valence-electron chi connectivity index (χ0n) is 16.6. The van der Waals surface area contributed by atoms with Crippen molar-refractivity contribution in [2.45, 2.75) is 37.3 Å². The lowest BCUT2D eigenvalue weighted by Crippen LogP contribution is -2.98. The minimum absolute atomic E-state index is 0.0133. The average molecular weight is 387 g/mol. The second kappa shape index (κ2) is 7.18. The number of piperazine rings is 1. The molecule has 8 nitrogen and oxygen atoms in total. The van der Waals surface area contributed by atoms with Gasteiger partial charge in [-0.25, -0.2) is 9.78 Å². The maximum absolute atomic E-state index is 12.6. The highest BCUT2D eigenvalue weighted by Gasteiger charge is 2.50. The molecule has 8 heteroatoms. The van der Waals surface area contributed by atoms with Gasteiger partial charge in [0.2, 0.25) is 0 Å². The maximum atomic E-state index is 12.6. The Labute approximate surface area is 163 Å². The van der Waals surface area contributed by atoms with Gasteiger partial charge in [0.25, 0.3) is 5.56 Å². The van der Waals surface area contributed by atoms with E-state index in [9.17, 15) is 9.59 Å². The first-order valence-corrected chi connectivity index (χ1v) is 9.73. The summed E-state index contributed by atoms with van der Waals surface area (Å²) in [5.41, 5.74) is 0.0933. The Morgan fingerprint density at radius 2 is 1.93 bits per heavy atom. The third-order valence-corrected chi connectivity index (χ3v) is 6.24. The Balaban J connectivity index is 1.56. The van der Waals surface area contributed by atoms with Gasteiger partial charge < -0.3 is 14.0 Å². The summed E-state index contributed by atoms with van der Waals surface area (Å²) in [5.74, 6) is 1.36. The van der Waals surface area contributed by atoms with Crippen molar-refractivity contribution < 1.29 is 19.6 Å². The molecule has 1 aliphatic carbocycles. The molecule has 2 N–H and O–H groups in total. The molecule has 1 saturated heterocycles. The van der Waals surface area contributed by atoms with E-state index in [1.807, 2.05) is 12.4 Å². The number of rotatable bonds is 3. The van der Waals surface area contributed by atoms with Crippen molar-refractivity contribution in [3.05, 3.63) is 28.8 Å². The van der Waals surface area contributed by atoms with Crippen LogP contribution in [0, 0.1) is 0 Å². The van der Waals surface area contributed by atoms with Crippen molar-refractivity contribution in [3.63, 3.8) is 0 Å². The zero-order valence-corrected chi connectivity index (χ0v) is 16.6. The zero-order chi connectivity index (χ0) is 19.9. The van der Waals surface area contributed by atoms with E-state index in [1.54, 1.807) is 26.3 Å². The molecule has 0 radical (unpaired) electrons. The number of ether oxygens (including phenoxy) is 2. The molecule has 1 aromatic heterocycles. The summed E-state index contributed by atoms with van der Waals surface area (Å²) >= 11 is 0. The van der Waals surface area contributed by atoms with Crippen molar-refractivity contribution in [1.82, 2.24) is 14.5 Å². The van der Waals surface area contributed by atoms with Crippen LogP contribution >= 0.6 is 0 Å². The quantitative estimate of drug-likeness (QED) is 0.800. The van der Waals surface area contributed by atoms with Crippen LogP contribution in [0.3, 0.4) is 0 Å². The molecule has 2 aromatic rings. The van der Waals surface area contributed by atoms with E-state index in [2.05, 4.69) is 9.88 Å². The molecule has 1 spiro atoms. The highest BCUT2D eigenvalue weighted by Crippen LogP contribution is 2.37. The van der Waals surface area contributed by atoms with Crippen molar-refractivity contribution in [3.8, 4) is 11.5 Å². The van der Waals surface area contributed by atoms with Gasteiger partial charge in [-0.3, -0.25) is 15.0 Å². The molecule has 2 heterocycles. The van der Waals surface area contributed by atoms with Crippen LogP contribution in [0.2, 0.25) is 0 Å². The number of nitrogens with two attached hydrogens (primary N) is 1. The van der Waals surface area contributed by atoms with Gasteiger partial charge in [0.1, 0.15) is 5.54 Å². The van der Waals surface area contributed by atoms with Crippen LogP contribution in [0.5, 0.6) is 11.5 Å². The topological polar surface area (TPSA) is 90.3 Å². The van der Waals surface area contributed by atoms with Crippen molar-refractivity contribution >= 4 is 16.8 Å². The molecule has 2 aliphatic rings. The number of fused-ring (bicyclic) bond motifs is 1. The van der Waals surface area contributed by atoms with Gasteiger partial charge in [-0.15, -0.1) is 0 Å². The van der Waals surface area contributed by atoms with Gasteiger partial charge in [-0.2, -0.15) is 0 Å². The molecule has 1 aromatic carbocycles. The number of amides is 1. The molecule has 4 rings (SSSR count). The van der Waals surface area contributed by atoms with Gasteiger partial charge in [-0.1, -0.05) is 0 Å². The highest BCUT2D eigenvalue weighted by molar-refractivity contribution is 5.81. The van der Waals surface area contributed by atoms with Crippen LogP contribution in [0.1, 0.15) is 25.7 Å². The lowest BCUT2D eigenvalue weighted by Gasteiger charge is -2.45. The van der Waals surface area contributed by atoms with Gasteiger partial charge in [0.05, 0.1) is 37.0 Å². The number of nitrogens with zero attached hydrogens (tertiary/aromatic N) is 3. The van der Waals surface area contributed by atoms with Gasteiger partial charge in [-0.05, 0) is 38.8 Å². The molecule has 28 heavy (non-hydrogen) atoms. The third kappa shape index (κ3) is 3.06. The van der Waals surface area contributed by atoms with Crippen molar-refractivity contribution in [2.75, 3.05) is 27.2 Å². The normalized spacial score (nSPS) is 26.0. The fourth-order valence-corrected chi connectivity index (χ4v) is 4.45. The molecule has 0 atom stereocenters. The predicted octanol–water partition coefficient (Wildman–Crippen LogP) is 0.0377. The number of benzene rings is 1. The Morgan fingerprint density at radius 3 is 2.61 bits per heavy atom. The first-order valence-electron chi connectivity index (χ1n) is 9.73. The Bertz CT molecular complexity index is 963. The molecule has 150 valence electrons. The van der Waals surface area contributed by atoms with Crippen LogP contribution in [0.15, 0.2) is 23.3 Å².